The van der Waals surface area contributed by atoms with Crippen molar-refractivity contribution in [1.29, 1.82) is 0 Å². The van der Waals surface area contributed by atoms with Crippen LogP contribution in [0.3, 0.4) is 0 Å². The first-order valence-electron chi connectivity index (χ1n) is 7.79. The molecule has 0 spiro atoms. The van der Waals surface area contributed by atoms with E-state index < -0.39 is 0 Å². The second-order valence-electron chi connectivity index (χ2n) is 5.75. The first kappa shape index (κ1) is 21.7. The van der Waals surface area contributed by atoms with Crippen molar-refractivity contribution >= 4 is 48.6 Å². The number of likely N-dealkylation sites (tertiary alicyclic amines) is 1. The number of ether oxygens (including phenoxy) is 1. The van der Waals surface area contributed by atoms with Crippen molar-refractivity contribution in [3.63, 3.8) is 0 Å². The van der Waals surface area contributed by atoms with E-state index in [1.165, 1.54) is 12.8 Å². The molecule has 2 aromatic rings. The molecule has 0 aromatic carbocycles. The van der Waals surface area contributed by atoms with Gasteiger partial charge in [0.15, 0.2) is 0 Å². The Labute approximate surface area is 166 Å². The summed E-state index contributed by atoms with van der Waals surface area (Å²) in [5, 5.41) is 0.473. The Morgan fingerprint density at radius 3 is 2.72 bits per heavy atom. The van der Waals surface area contributed by atoms with E-state index in [0.29, 0.717) is 17.8 Å². The molecule has 1 atom stereocenters. The van der Waals surface area contributed by atoms with Gasteiger partial charge in [0, 0.05) is 24.0 Å². The van der Waals surface area contributed by atoms with Crippen LogP contribution in [0.1, 0.15) is 24.0 Å². The van der Waals surface area contributed by atoms with Crippen molar-refractivity contribution in [3.05, 3.63) is 53.1 Å². The molecule has 0 radical (unpaired) electrons. The van der Waals surface area contributed by atoms with Crippen molar-refractivity contribution in [2.75, 3.05) is 20.2 Å². The Morgan fingerprint density at radius 2 is 2.04 bits per heavy atom. The normalized spacial score (nSPS) is 17.1. The Kier molecular flexibility index (Phi) is 9.22. The highest BCUT2D eigenvalue weighted by atomic mass is 35.5. The molecule has 0 aliphatic carbocycles. The van der Waals surface area contributed by atoms with E-state index in [0.717, 1.165) is 23.4 Å². The van der Waals surface area contributed by atoms with Gasteiger partial charge in [0.1, 0.15) is 17.5 Å². The summed E-state index contributed by atoms with van der Waals surface area (Å²) in [5.41, 5.74) is 1.91. The summed E-state index contributed by atoms with van der Waals surface area (Å²) >= 11 is 6.17. The second-order valence-corrected chi connectivity index (χ2v) is 6.11. The van der Waals surface area contributed by atoms with Gasteiger partial charge in [-0.15, -0.1) is 24.8 Å². The lowest BCUT2D eigenvalue weighted by molar-refractivity contribution is 0.198. The monoisotopic (exact) mass is 401 g/mol. The molecule has 0 saturated carbocycles. The SMILES string of the molecule is CN1CCC[C@H]1COc1cnc(Cl)c(C=Cc2ccncc2)c1.Cl.Cl. The van der Waals surface area contributed by atoms with Gasteiger partial charge in [0.25, 0.3) is 0 Å². The largest absolute Gasteiger partial charge is 0.490 e. The number of halogens is 3. The van der Waals surface area contributed by atoms with Gasteiger partial charge in [0.05, 0.1) is 6.20 Å². The number of rotatable bonds is 5. The topological polar surface area (TPSA) is 38.2 Å². The smallest absolute Gasteiger partial charge is 0.138 e. The highest BCUT2D eigenvalue weighted by molar-refractivity contribution is 6.31. The van der Waals surface area contributed by atoms with Crippen LogP contribution in [-0.4, -0.2) is 41.1 Å². The van der Waals surface area contributed by atoms with Crippen molar-refractivity contribution in [2.24, 2.45) is 0 Å². The maximum atomic E-state index is 6.17. The summed E-state index contributed by atoms with van der Waals surface area (Å²) in [6, 6.07) is 6.30. The standard InChI is InChI=1S/C18H20ClN3O.2ClH/c1-22-10-2-3-16(22)13-23-17-11-15(18(19)21-12-17)5-4-14-6-8-20-9-7-14;;/h4-9,11-12,16H,2-3,10,13H2,1H3;2*1H/t16-;;/m0../s1. The van der Waals surface area contributed by atoms with Crippen LogP contribution < -0.4 is 4.74 Å². The molecule has 1 aliphatic heterocycles. The molecule has 7 heteroatoms. The molecule has 1 saturated heterocycles. The predicted octanol–water partition coefficient (Wildman–Crippen LogP) is 4.62. The Bertz CT molecular complexity index is 683. The number of hydrogen-bond donors (Lipinski definition) is 0. The summed E-state index contributed by atoms with van der Waals surface area (Å²) in [6.07, 6.45) is 11.6. The summed E-state index contributed by atoms with van der Waals surface area (Å²) in [6.45, 7) is 1.83. The summed E-state index contributed by atoms with van der Waals surface area (Å²) in [5.74, 6) is 0.754. The van der Waals surface area contributed by atoms with Gasteiger partial charge in [-0.3, -0.25) is 4.98 Å². The van der Waals surface area contributed by atoms with E-state index in [1.54, 1.807) is 18.6 Å². The lowest BCUT2D eigenvalue weighted by Crippen LogP contribution is -2.30. The van der Waals surface area contributed by atoms with E-state index in [4.69, 9.17) is 16.3 Å². The molecular weight excluding hydrogens is 381 g/mol. The fraction of sp³-hybridized carbons (Fsp3) is 0.333. The Balaban J connectivity index is 0.00000156. The van der Waals surface area contributed by atoms with Crippen molar-refractivity contribution in [3.8, 4) is 5.75 Å². The van der Waals surface area contributed by atoms with Gasteiger partial charge in [-0.25, -0.2) is 4.98 Å². The van der Waals surface area contributed by atoms with Crippen LogP contribution in [0.25, 0.3) is 12.2 Å². The quantitative estimate of drug-likeness (QED) is 0.684. The summed E-state index contributed by atoms with van der Waals surface area (Å²) in [4.78, 5) is 10.6. The zero-order valence-corrected chi connectivity index (χ0v) is 16.4. The molecule has 3 heterocycles. The fourth-order valence-electron chi connectivity index (χ4n) is 2.68. The summed E-state index contributed by atoms with van der Waals surface area (Å²) < 4.78 is 5.90. The summed E-state index contributed by atoms with van der Waals surface area (Å²) in [7, 11) is 2.14. The van der Waals surface area contributed by atoms with E-state index in [-0.39, 0.29) is 24.8 Å². The third-order valence-corrected chi connectivity index (χ3v) is 4.43. The molecule has 0 amide bonds. The number of hydrogen-bond acceptors (Lipinski definition) is 4. The molecule has 136 valence electrons. The molecular formula is C18H22Cl3N3O. The average Bonchev–Trinajstić information content (AvgIpc) is 2.99. The Morgan fingerprint density at radius 1 is 1.28 bits per heavy atom. The van der Waals surface area contributed by atoms with Gasteiger partial charge < -0.3 is 9.64 Å². The van der Waals surface area contributed by atoms with Gasteiger partial charge in [-0.2, -0.15) is 0 Å². The molecule has 1 aliphatic rings. The molecule has 1 fully saturated rings. The first-order chi connectivity index (χ1) is 11.2. The number of likely N-dealkylation sites (N-methyl/N-ethyl adjacent to an activating group) is 1. The van der Waals surface area contributed by atoms with Crippen LogP contribution in [0.2, 0.25) is 5.15 Å². The van der Waals surface area contributed by atoms with Gasteiger partial charge in [-0.05, 0) is 50.2 Å². The van der Waals surface area contributed by atoms with Crippen LogP contribution in [0.5, 0.6) is 5.75 Å². The minimum absolute atomic E-state index is 0. The molecule has 4 nitrogen and oxygen atoms in total. The van der Waals surface area contributed by atoms with Crippen LogP contribution >= 0.6 is 36.4 Å². The van der Waals surface area contributed by atoms with E-state index in [2.05, 4.69) is 21.9 Å². The minimum atomic E-state index is 0. The first-order valence-corrected chi connectivity index (χ1v) is 8.17. The number of aromatic nitrogens is 2. The van der Waals surface area contributed by atoms with Crippen LogP contribution in [-0.2, 0) is 0 Å². The third-order valence-electron chi connectivity index (χ3n) is 4.12. The minimum Gasteiger partial charge on any atom is -0.490 e. The zero-order chi connectivity index (χ0) is 16.1. The highest BCUT2D eigenvalue weighted by Gasteiger charge is 2.21. The lowest BCUT2D eigenvalue weighted by Gasteiger charge is -2.19. The maximum absolute atomic E-state index is 6.17. The van der Waals surface area contributed by atoms with E-state index >= 15 is 0 Å². The molecule has 0 N–H and O–H groups in total. The molecule has 3 rings (SSSR count). The fourth-order valence-corrected chi connectivity index (χ4v) is 2.85. The Hall–Kier alpha value is -1.33. The van der Waals surface area contributed by atoms with Gasteiger partial charge >= 0.3 is 0 Å². The van der Waals surface area contributed by atoms with Gasteiger partial charge in [-0.1, -0.05) is 23.8 Å². The second kappa shape index (κ2) is 10.6. The third kappa shape index (κ3) is 6.15. The zero-order valence-electron chi connectivity index (χ0n) is 14.0. The van der Waals surface area contributed by atoms with E-state index in [9.17, 15) is 0 Å². The number of nitrogens with zero attached hydrogens (tertiary/aromatic N) is 3. The van der Waals surface area contributed by atoms with Crippen LogP contribution in [0, 0.1) is 0 Å². The van der Waals surface area contributed by atoms with E-state index in [1.807, 2.05) is 30.4 Å². The molecule has 2 aromatic heterocycles. The lowest BCUT2D eigenvalue weighted by atomic mass is 10.2. The molecule has 0 bridgehead atoms. The highest BCUT2D eigenvalue weighted by Crippen LogP contribution is 2.23. The average molecular weight is 403 g/mol. The van der Waals surface area contributed by atoms with Crippen LogP contribution in [0.15, 0.2) is 36.8 Å². The number of pyridine rings is 2. The molecule has 25 heavy (non-hydrogen) atoms. The van der Waals surface area contributed by atoms with Crippen molar-refractivity contribution in [1.82, 2.24) is 14.9 Å². The van der Waals surface area contributed by atoms with Crippen molar-refractivity contribution in [2.45, 2.75) is 18.9 Å². The van der Waals surface area contributed by atoms with Crippen LogP contribution in [0.4, 0.5) is 0 Å². The predicted molar refractivity (Wildman–Crippen MR) is 108 cm³/mol. The van der Waals surface area contributed by atoms with Gasteiger partial charge in [0.2, 0.25) is 0 Å². The molecule has 0 unspecified atom stereocenters. The maximum Gasteiger partial charge on any atom is 0.138 e. The van der Waals surface area contributed by atoms with Crippen molar-refractivity contribution < 1.29 is 4.74 Å².